The third kappa shape index (κ3) is 2.96. The van der Waals surface area contributed by atoms with Crippen molar-refractivity contribution in [2.75, 3.05) is 23.8 Å². The molecule has 114 valence electrons. The maximum atomic E-state index is 5.63. The highest BCUT2D eigenvalue weighted by Crippen LogP contribution is 2.31. The summed E-state index contributed by atoms with van der Waals surface area (Å²) in [6.07, 6.45) is 2.27. The Morgan fingerprint density at radius 2 is 2.24 bits per heavy atom. The van der Waals surface area contributed by atoms with Gasteiger partial charge in [-0.15, -0.1) is 11.3 Å². The van der Waals surface area contributed by atoms with Crippen molar-refractivity contribution in [2.45, 2.75) is 45.8 Å². The van der Waals surface area contributed by atoms with E-state index < -0.39 is 0 Å². The molecule has 1 fully saturated rings. The topological polar surface area (TPSA) is 59.1 Å². The van der Waals surface area contributed by atoms with Crippen molar-refractivity contribution in [1.82, 2.24) is 9.97 Å². The molecule has 21 heavy (non-hydrogen) atoms. The Balaban J connectivity index is 1.98. The van der Waals surface area contributed by atoms with E-state index in [1.54, 1.807) is 11.3 Å². The van der Waals surface area contributed by atoms with Gasteiger partial charge in [0.15, 0.2) is 0 Å². The number of nitrogens with one attached hydrogen (secondary N) is 2. The van der Waals surface area contributed by atoms with Crippen molar-refractivity contribution in [3.63, 3.8) is 0 Å². The zero-order valence-corrected chi connectivity index (χ0v) is 13.6. The summed E-state index contributed by atoms with van der Waals surface area (Å²) in [4.78, 5) is 11.7. The molecule has 2 aromatic rings. The number of ether oxygens (including phenoxy) is 1. The molecular formula is C15H22N4OS. The molecule has 3 rings (SSSR count). The van der Waals surface area contributed by atoms with Crippen LogP contribution in [0.15, 0.2) is 6.07 Å². The molecule has 0 amide bonds. The second-order valence-corrected chi connectivity index (χ2v) is 6.44. The fourth-order valence-corrected chi connectivity index (χ4v) is 3.56. The van der Waals surface area contributed by atoms with E-state index in [1.165, 1.54) is 4.88 Å². The predicted molar refractivity (Wildman–Crippen MR) is 88.4 cm³/mol. The number of aromatic nitrogens is 2. The van der Waals surface area contributed by atoms with Crippen molar-refractivity contribution in [3.8, 4) is 0 Å². The molecule has 0 aliphatic carbocycles. The van der Waals surface area contributed by atoms with Crippen molar-refractivity contribution >= 4 is 33.3 Å². The number of rotatable bonds is 5. The van der Waals surface area contributed by atoms with Crippen LogP contribution in [0.4, 0.5) is 11.8 Å². The lowest BCUT2D eigenvalue weighted by molar-refractivity contribution is 0.121. The molecule has 2 atom stereocenters. The lowest BCUT2D eigenvalue weighted by Gasteiger charge is -2.17. The highest BCUT2D eigenvalue weighted by molar-refractivity contribution is 7.18. The van der Waals surface area contributed by atoms with Crippen LogP contribution in [-0.4, -0.2) is 35.3 Å². The van der Waals surface area contributed by atoms with Gasteiger partial charge >= 0.3 is 0 Å². The second-order valence-electron chi connectivity index (χ2n) is 5.33. The van der Waals surface area contributed by atoms with Gasteiger partial charge in [0, 0.05) is 18.0 Å². The van der Waals surface area contributed by atoms with E-state index in [0.29, 0.717) is 12.0 Å². The van der Waals surface area contributed by atoms with E-state index in [2.05, 4.69) is 47.4 Å². The number of aryl methyl sites for hydroxylation is 1. The number of hydrogen-bond donors (Lipinski definition) is 2. The van der Waals surface area contributed by atoms with Gasteiger partial charge < -0.3 is 15.4 Å². The first-order valence-electron chi connectivity index (χ1n) is 7.63. The molecule has 0 spiro atoms. The minimum absolute atomic E-state index is 0.224. The van der Waals surface area contributed by atoms with Crippen molar-refractivity contribution < 1.29 is 4.74 Å². The van der Waals surface area contributed by atoms with Gasteiger partial charge in [0.25, 0.3) is 0 Å². The Morgan fingerprint density at radius 3 is 2.90 bits per heavy atom. The Bertz CT molecular complexity index is 627. The van der Waals surface area contributed by atoms with Crippen molar-refractivity contribution in [2.24, 2.45) is 0 Å². The van der Waals surface area contributed by atoms with Crippen LogP contribution in [0.25, 0.3) is 10.2 Å². The monoisotopic (exact) mass is 306 g/mol. The molecule has 1 saturated heterocycles. The number of thiophene rings is 1. The fraction of sp³-hybridized carbons (Fsp3) is 0.600. The minimum atomic E-state index is 0.224. The van der Waals surface area contributed by atoms with E-state index in [9.17, 15) is 0 Å². The summed E-state index contributed by atoms with van der Waals surface area (Å²) >= 11 is 1.75. The summed E-state index contributed by atoms with van der Waals surface area (Å²) < 4.78 is 5.63. The molecular weight excluding hydrogens is 284 g/mol. The van der Waals surface area contributed by atoms with Gasteiger partial charge in [0.05, 0.1) is 17.5 Å². The number of anilines is 2. The molecule has 2 N–H and O–H groups in total. The zero-order valence-electron chi connectivity index (χ0n) is 12.8. The summed E-state index contributed by atoms with van der Waals surface area (Å²) in [5.74, 6) is 1.62. The van der Waals surface area contributed by atoms with Crippen LogP contribution < -0.4 is 10.6 Å². The number of nitrogens with zero attached hydrogens (tertiary/aromatic N) is 2. The first-order valence-corrected chi connectivity index (χ1v) is 8.45. The lowest BCUT2D eigenvalue weighted by Crippen LogP contribution is -2.27. The highest BCUT2D eigenvalue weighted by Gasteiger charge is 2.25. The SMILES string of the molecule is CCNc1nc(NC2CCOC2C)c2cc(CC)sc2n1. The van der Waals surface area contributed by atoms with E-state index in [1.807, 2.05) is 0 Å². The molecule has 1 aliphatic rings. The molecule has 0 radical (unpaired) electrons. The number of fused-ring (bicyclic) bond motifs is 1. The molecule has 0 saturated carbocycles. The average Bonchev–Trinajstić information content (AvgIpc) is 3.06. The number of hydrogen-bond acceptors (Lipinski definition) is 6. The Hall–Kier alpha value is -1.40. The third-order valence-electron chi connectivity index (χ3n) is 3.83. The van der Waals surface area contributed by atoms with Crippen LogP contribution in [0.3, 0.4) is 0 Å². The van der Waals surface area contributed by atoms with Crippen molar-refractivity contribution in [1.29, 1.82) is 0 Å². The first-order chi connectivity index (χ1) is 10.2. The highest BCUT2D eigenvalue weighted by atomic mass is 32.1. The Kier molecular flexibility index (Phi) is 4.26. The van der Waals surface area contributed by atoms with E-state index in [4.69, 9.17) is 4.74 Å². The quantitative estimate of drug-likeness (QED) is 0.888. The van der Waals surface area contributed by atoms with Crippen LogP contribution in [0.5, 0.6) is 0 Å². The van der Waals surface area contributed by atoms with Crippen LogP contribution in [0.2, 0.25) is 0 Å². The Morgan fingerprint density at radius 1 is 1.38 bits per heavy atom. The summed E-state index contributed by atoms with van der Waals surface area (Å²) in [7, 11) is 0. The first kappa shape index (κ1) is 14.5. The van der Waals surface area contributed by atoms with Crippen LogP contribution in [-0.2, 0) is 11.2 Å². The van der Waals surface area contributed by atoms with E-state index in [0.717, 1.165) is 42.0 Å². The maximum absolute atomic E-state index is 5.63. The normalized spacial score (nSPS) is 21.9. The van der Waals surface area contributed by atoms with Gasteiger partial charge in [-0.2, -0.15) is 4.98 Å². The van der Waals surface area contributed by atoms with Gasteiger partial charge in [-0.3, -0.25) is 0 Å². The smallest absolute Gasteiger partial charge is 0.226 e. The molecule has 6 heteroatoms. The van der Waals surface area contributed by atoms with Gasteiger partial charge in [0.1, 0.15) is 10.6 Å². The van der Waals surface area contributed by atoms with Gasteiger partial charge in [-0.05, 0) is 32.8 Å². The van der Waals surface area contributed by atoms with Crippen LogP contribution >= 0.6 is 11.3 Å². The summed E-state index contributed by atoms with van der Waals surface area (Å²) in [5.41, 5.74) is 0. The van der Waals surface area contributed by atoms with Gasteiger partial charge in [-0.1, -0.05) is 6.92 Å². The molecule has 3 heterocycles. The maximum Gasteiger partial charge on any atom is 0.226 e. The van der Waals surface area contributed by atoms with Gasteiger partial charge in [-0.25, -0.2) is 4.98 Å². The zero-order chi connectivity index (χ0) is 14.8. The van der Waals surface area contributed by atoms with E-state index in [-0.39, 0.29) is 6.10 Å². The fourth-order valence-electron chi connectivity index (χ4n) is 2.59. The molecule has 0 bridgehead atoms. The third-order valence-corrected chi connectivity index (χ3v) is 5.00. The van der Waals surface area contributed by atoms with E-state index >= 15 is 0 Å². The summed E-state index contributed by atoms with van der Waals surface area (Å²) in [5, 5.41) is 7.90. The lowest BCUT2D eigenvalue weighted by atomic mass is 10.1. The molecule has 2 unspecified atom stereocenters. The molecule has 2 aromatic heterocycles. The minimum Gasteiger partial charge on any atom is -0.376 e. The second kappa shape index (κ2) is 6.15. The molecule has 5 nitrogen and oxygen atoms in total. The standard InChI is InChI=1S/C15H22N4OS/c1-4-10-8-11-13(17-12-6-7-20-9(12)3)18-15(16-5-2)19-14(11)21-10/h8-9,12H,4-7H2,1-3H3,(H2,16,17,18,19). The molecule has 1 aliphatic heterocycles. The molecule has 0 aromatic carbocycles. The average molecular weight is 306 g/mol. The largest absolute Gasteiger partial charge is 0.376 e. The summed E-state index contributed by atoms with van der Waals surface area (Å²) in [6, 6.07) is 2.53. The van der Waals surface area contributed by atoms with Gasteiger partial charge in [0.2, 0.25) is 5.95 Å². The Labute approximate surface area is 129 Å². The predicted octanol–water partition coefficient (Wildman–Crippen LogP) is 3.27. The summed E-state index contributed by atoms with van der Waals surface area (Å²) in [6.45, 7) is 7.97. The van der Waals surface area contributed by atoms with Crippen molar-refractivity contribution in [3.05, 3.63) is 10.9 Å². The van der Waals surface area contributed by atoms with Crippen LogP contribution in [0, 0.1) is 0 Å². The van der Waals surface area contributed by atoms with Crippen LogP contribution in [0.1, 0.15) is 32.1 Å².